The molecule has 0 radical (unpaired) electrons. The Balaban J connectivity index is 1.39. The molecule has 0 unspecified atom stereocenters. The minimum Gasteiger partial charge on any atom is -0.340 e. The normalized spacial score (nSPS) is 18.7. The lowest BCUT2D eigenvalue weighted by Crippen LogP contribution is -2.48. The summed E-state index contributed by atoms with van der Waals surface area (Å²) in [4.78, 5) is 40.8. The van der Waals surface area contributed by atoms with Crippen LogP contribution in [0.5, 0.6) is 0 Å². The standard InChI is InChI=1S/C25H26F3N3O3S/c26-25(27,28)23(34)29-21(19-4-2-1-3-5-19)22(33)31-14-11-24(17-31)9-12-30(13-10-24)20(32)7-6-18-8-15-35-16-18/h1-8,15-16,21H,9-14,17H2,(H,29,34)/b7-6+/t21-/m0/s1. The van der Waals surface area contributed by atoms with Gasteiger partial charge in [0.1, 0.15) is 6.04 Å². The lowest BCUT2D eigenvalue weighted by Gasteiger charge is -2.39. The Morgan fingerprint density at radius 1 is 1.00 bits per heavy atom. The average molecular weight is 506 g/mol. The van der Waals surface area contributed by atoms with Crippen LogP contribution in [0.1, 0.15) is 36.4 Å². The molecule has 2 fully saturated rings. The molecule has 2 aliphatic rings. The fourth-order valence-electron chi connectivity index (χ4n) is 4.70. The fraction of sp³-hybridized carbons (Fsp3) is 0.400. The van der Waals surface area contributed by atoms with E-state index in [1.54, 1.807) is 51.5 Å². The zero-order valence-electron chi connectivity index (χ0n) is 19.0. The van der Waals surface area contributed by atoms with Gasteiger partial charge in [0.2, 0.25) is 11.8 Å². The molecular weight excluding hydrogens is 479 g/mol. The summed E-state index contributed by atoms with van der Waals surface area (Å²) in [6.45, 7) is 1.91. The number of hydrogen-bond donors (Lipinski definition) is 1. The maximum atomic E-state index is 13.3. The molecule has 0 saturated carbocycles. The SMILES string of the molecule is O=C(/C=C/c1ccsc1)N1CCC2(CC1)CCN(C(=O)[C@@H](NC(=O)C(F)(F)F)c1ccccc1)C2. The number of benzene rings is 1. The molecule has 3 heterocycles. The topological polar surface area (TPSA) is 69.7 Å². The third-order valence-corrected chi connectivity index (χ3v) is 7.46. The van der Waals surface area contributed by atoms with Gasteiger partial charge in [0.05, 0.1) is 0 Å². The molecule has 1 N–H and O–H groups in total. The number of likely N-dealkylation sites (tertiary alicyclic amines) is 2. The predicted molar refractivity (Wildman–Crippen MR) is 126 cm³/mol. The molecule has 2 saturated heterocycles. The van der Waals surface area contributed by atoms with Crippen molar-refractivity contribution in [2.24, 2.45) is 5.41 Å². The minimum absolute atomic E-state index is 0.0593. The van der Waals surface area contributed by atoms with Gasteiger partial charge >= 0.3 is 12.1 Å². The second-order valence-corrected chi connectivity index (χ2v) is 9.82. The molecule has 1 atom stereocenters. The summed E-state index contributed by atoms with van der Waals surface area (Å²) in [5.74, 6) is -2.75. The number of thiophene rings is 1. The lowest BCUT2D eigenvalue weighted by atomic mass is 9.77. The largest absolute Gasteiger partial charge is 0.471 e. The van der Waals surface area contributed by atoms with Crippen LogP contribution < -0.4 is 5.32 Å². The van der Waals surface area contributed by atoms with Crippen LogP contribution in [0.4, 0.5) is 13.2 Å². The summed E-state index contributed by atoms with van der Waals surface area (Å²) in [7, 11) is 0. The molecule has 10 heteroatoms. The van der Waals surface area contributed by atoms with Crippen molar-refractivity contribution in [2.45, 2.75) is 31.5 Å². The first kappa shape index (κ1) is 25.0. The zero-order chi connectivity index (χ0) is 25.1. The Kier molecular flexibility index (Phi) is 7.30. The molecule has 1 aromatic heterocycles. The molecule has 186 valence electrons. The highest BCUT2D eigenvalue weighted by atomic mass is 32.1. The van der Waals surface area contributed by atoms with E-state index in [9.17, 15) is 27.6 Å². The van der Waals surface area contributed by atoms with Crippen LogP contribution in [0.3, 0.4) is 0 Å². The van der Waals surface area contributed by atoms with E-state index in [4.69, 9.17) is 0 Å². The van der Waals surface area contributed by atoms with E-state index in [1.165, 1.54) is 12.1 Å². The van der Waals surface area contributed by atoms with Crippen molar-refractivity contribution >= 4 is 35.1 Å². The molecule has 35 heavy (non-hydrogen) atoms. The van der Waals surface area contributed by atoms with Crippen molar-refractivity contribution in [3.8, 4) is 0 Å². The van der Waals surface area contributed by atoms with E-state index in [0.717, 1.165) is 5.56 Å². The first-order valence-electron chi connectivity index (χ1n) is 11.4. The van der Waals surface area contributed by atoms with Crippen LogP contribution in [0.25, 0.3) is 6.08 Å². The monoisotopic (exact) mass is 505 g/mol. The molecule has 2 aromatic rings. The molecule has 2 aliphatic heterocycles. The van der Waals surface area contributed by atoms with Crippen molar-refractivity contribution < 1.29 is 27.6 Å². The van der Waals surface area contributed by atoms with Crippen LogP contribution >= 0.6 is 11.3 Å². The molecule has 1 aromatic carbocycles. The van der Waals surface area contributed by atoms with Crippen LogP contribution in [0.15, 0.2) is 53.2 Å². The Morgan fingerprint density at radius 2 is 1.66 bits per heavy atom. The van der Waals surface area contributed by atoms with Crippen molar-refractivity contribution in [2.75, 3.05) is 26.2 Å². The highest BCUT2D eigenvalue weighted by Gasteiger charge is 2.46. The Bertz CT molecular complexity index is 1080. The van der Waals surface area contributed by atoms with Crippen LogP contribution in [0.2, 0.25) is 0 Å². The molecule has 1 spiro atoms. The van der Waals surface area contributed by atoms with Gasteiger partial charge in [-0.2, -0.15) is 24.5 Å². The number of carbonyl (C=O) groups excluding carboxylic acids is 3. The predicted octanol–water partition coefficient (Wildman–Crippen LogP) is 4.02. The fourth-order valence-corrected chi connectivity index (χ4v) is 5.33. The maximum Gasteiger partial charge on any atom is 0.471 e. The van der Waals surface area contributed by atoms with Gasteiger partial charge in [0.25, 0.3) is 0 Å². The minimum atomic E-state index is -5.09. The Labute approximate surface area is 205 Å². The second kappa shape index (κ2) is 10.2. The summed E-state index contributed by atoms with van der Waals surface area (Å²) in [5.41, 5.74) is 1.10. The second-order valence-electron chi connectivity index (χ2n) is 9.04. The third kappa shape index (κ3) is 5.93. The number of alkyl halides is 3. The first-order chi connectivity index (χ1) is 16.7. The van der Waals surface area contributed by atoms with Crippen molar-refractivity contribution in [3.05, 3.63) is 64.4 Å². The number of nitrogens with zero attached hydrogens (tertiary/aromatic N) is 2. The molecular formula is C25H26F3N3O3S. The molecule has 0 bridgehead atoms. The van der Waals surface area contributed by atoms with Crippen LogP contribution in [-0.2, 0) is 14.4 Å². The van der Waals surface area contributed by atoms with Gasteiger partial charge in [-0.3, -0.25) is 14.4 Å². The molecule has 4 rings (SSSR count). The average Bonchev–Trinajstić information content (AvgIpc) is 3.51. The van der Waals surface area contributed by atoms with E-state index in [1.807, 2.05) is 22.1 Å². The van der Waals surface area contributed by atoms with E-state index in [-0.39, 0.29) is 11.3 Å². The number of carbonyl (C=O) groups is 3. The van der Waals surface area contributed by atoms with Gasteiger partial charge in [0.15, 0.2) is 0 Å². The Morgan fingerprint density at radius 3 is 2.26 bits per heavy atom. The van der Waals surface area contributed by atoms with E-state index in [2.05, 4.69) is 0 Å². The van der Waals surface area contributed by atoms with E-state index >= 15 is 0 Å². The van der Waals surface area contributed by atoms with Gasteiger partial charge in [-0.25, -0.2) is 0 Å². The molecule has 3 amide bonds. The number of rotatable bonds is 5. The van der Waals surface area contributed by atoms with E-state index < -0.39 is 24.0 Å². The van der Waals surface area contributed by atoms with Crippen LogP contribution in [0, 0.1) is 5.41 Å². The third-order valence-electron chi connectivity index (χ3n) is 6.76. The zero-order valence-corrected chi connectivity index (χ0v) is 19.8. The van der Waals surface area contributed by atoms with Gasteiger partial charge in [-0.15, -0.1) is 0 Å². The number of halogens is 3. The Hall–Kier alpha value is -3.14. The van der Waals surface area contributed by atoms with Gasteiger partial charge < -0.3 is 15.1 Å². The van der Waals surface area contributed by atoms with Crippen molar-refractivity contribution in [3.63, 3.8) is 0 Å². The number of amides is 3. The number of hydrogen-bond acceptors (Lipinski definition) is 4. The first-order valence-corrected chi connectivity index (χ1v) is 12.3. The van der Waals surface area contributed by atoms with Crippen LogP contribution in [-0.4, -0.2) is 59.9 Å². The van der Waals surface area contributed by atoms with Crippen molar-refractivity contribution in [1.82, 2.24) is 15.1 Å². The number of piperidine rings is 1. The summed E-state index contributed by atoms with van der Waals surface area (Å²) in [5, 5.41) is 5.77. The summed E-state index contributed by atoms with van der Waals surface area (Å²) < 4.78 is 38.7. The smallest absolute Gasteiger partial charge is 0.340 e. The summed E-state index contributed by atoms with van der Waals surface area (Å²) in [6, 6.07) is 8.48. The summed E-state index contributed by atoms with van der Waals surface area (Å²) >= 11 is 1.56. The highest BCUT2D eigenvalue weighted by molar-refractivity contribution is 7.08. The lowest BCUT2D eigenvalue weighted by molar-refractivity contribution is -0.175. The maximum absolute atomic E-state index is 13.3. The quantitative estimate of drug-likeness (QED) is 0.624. The molecule has 0 aliphatic carbocycles. The summed E-state index contributed by atoms with van der Waals surface area (Å²) in [6.07, 6.45) is 0.396. The number of nitrogens with one attached hydrogen (secondary N) is 1. The van der Waals surface area contributed by atoms with Gasteiger partial charge in [0, 0.05) is 32.3 Å². The highest BCUT2D eigenvalue weighted by Crippen LogP contribution is 2.41. The van der Waals surface area contributed by atoms with Gasteiger partial charge in [-0.05, 0) is 58.7 Å². The molecule has 6 nitrogen and oxygen atoms in total. The van der Waals surface area contributed by atoms with E-state index in [0.29, 0.717) is 51.0 Å². The van der Waals surface area contributed by atoms with Gasteiger partial charge in [-0.1, -0.05) is 30.3 Å². The van der Waals surface area contributed by atoms with Crippen molar-refractivity contribution in [1.29, 1.82) is 0 Å².